The van der Waals surface area contributed by atoms with Crippen LogP contribution in [0, 0.1) is 35.1 Å². The fourth-order valence-corrected chi connectivity index (χ4v) is 11.2. The van der Waals surface area contributed by atoms with Gasteiger partial charge in [-0.2, -0.15) is 0 Å². The molecule has 2 aliphatic carbocycles. The number of nitrogens with two attached hydrogens (primary N) is 2. The minimum Gasteiger partial charge on any atom is -0.468 e. The summed E-state index contributed by atoms with van der Waals surface area (Å²) in [7, 11) is 1.29. The van der Waals surface area contributed by atoms with Gasteiger partial charge in [-0.1, -0.05) is 55.3 Å². The van der Waals surface area contributed by atoms with Crippen molar-refractivity contribution in [3.05, 3.63) is 64.7 Å². The van der Waals surface area contributed by atoms with Gasteiger partial charge in [0.1, 0.15) is 41.5 Å². The molecular weight excluding hydrogens is 841 g/mol. The number of anilines is 1. The summed E-state index contributed by atoms with van der Waals surface area (Å²) in [4.78, 5) is 35.9. The topological polar surface area (TPSA) is 151 Å². The van der Waals surface area contributed by atoms with Gasteiger partial charge in [-0.25, -0.2) is 46.0 Å². The maximum absolute atomic E-state index is 15.0. The van der Waals surface area contributed by atoms with E-state index in [0.717, 1.165) is 34.8 Å². The lowest BCUT2D eigenvalue weighted by Crippen LogP contribution is -2.48. The van der Waals surface area contributed by atoms with Crippen LogP contribution in [0.4, 0.5) is 36.8 Å². The minimum absolute atomic E-state index is 0.0201. The van der Waals surface area contributed by atoms with E-state index in [1.165, 1.54) is 44.2 Å². The van der Waals surface area contributed by atoms with Gasteiger partial charge in [0.15, 0.2) is 33.6 Å². The normalized spacial score (nSPS) is 28.2. The first-order valence-corrected chi connectivity index (χ1v) is 24.1. The smallest absolute Gasteiger partial charge is 0.418 e. The minimum atomic E-state index is -1.94. The van der Waals surface area contributed by atoms with Crippen molar-refractivity contribution in [2.24, 2.45) is 27.6 Å². The fraction of sp³-hybridized carbons (Fsp3) is 0.590. The lowest BCUT2D eigenvalue weighted by molar-refractivity contribution is -0.141. The summed E-state index contributed by atoms with van der Waals surface area (Å²) >= 11 is 2.24. The number of aliphatic imine (C=N–C) groups is 2. The van der Waals surface area contributed by atoms with Gasteiger partial charge in [0.2, 0.25) is 0 Å². The van der Waals surface area contributed by atoms with Crippen LogP contribution >= 0.6 is 23.5 Å². The number of nitrogen functional groups attached to an aromatic ring is 1. The number of hydrogen-bond donors (Lipinski definition) is 2. The predicted octanol–water partition coefficient (Wildman–Crippen LogP) is 7.89. The number of fused-ring (bicyclic) bond motifs is 2. The van der Waals surface area contributed by atoms with Gasteiger partial charge in [0, 0.05) is 50.4 Å². The number of ether oxygens (including phenoxy) is 4. The number of thioether (sulfide) groups is 2. The number of halogens is 6. The maximum atomic E-state index is 15.0. The van der Waals surface area contributed by atoms with Gasteiger partial charge in [-0.15, -0.1) is 0 Å². The molecule has 0 saturated heterocycles. The molecule has 4 N–H and O–H groups in total. The largest absolute Gasteiger partial charge is 0.468 e. The quantitative estimate of drug-likeness (QED) is 0.0538. The third kappa shape index (κ3) is 9.25. The second kappa shape index (κ2) is 17.1. The second-order valence-corrected chi connectivity index (χ2v) is 25.6. The Bertz CT molecular complexity index is 2010. The SMILES string of the molecule is COC(=O)[C@]12C[C@H]1[C@@](CF)(c1cccc(F)c1F)N=C(N(COCC[Si](C)(C)C)C(=O)OC(C)(C)C)S2.COC[C@]12C[C@H]1[C@@](CF)(c1cc(N)cc(F)c1F)N=C(N)S2. The Labute approximate surface area is 349 Å². The van der Waals surface area contributed by atoms with E-state index in [2.05, 4.69) is 29.6 Å². The molecule has 2 aromatic carbocycles. The van der Waals surface area contributed by atoms with Crippen molar-refractivity contribution < 1.29 is 54.9 Å². The van der Waals surface area contributed by atoms with Crippen molar-refractivity contribution in [3.8, 4) is 0 Å². The third-order valence-electron chi connectivity index (χ3n) is 10.6. The molecule has 0 bridgehead atoms. The highest BCUT2D eigenvalue weighted by Crippen LogP contribution is 2.68. The van der Waals surface area contributed by atoms with Crippen LogP contribution in [0.15, 0.2) is 40.3 Å². The third-order valence-corrected chi connectivity index (χ3v) is 15.1. The fourth-order valence-electron chi connectivity index (χ4n) is 7.53. The molecule has 1 amide bonds. The Kier molecular flexibility index (Phi) is 13.5. The Morgan fingerprint density at radius 2 is 1.56 bits per heavy atom. The molecule has 326 valence electrons. The number of methoxy groups -OCH3 is 2. The van der Waals surface area contributed by atoms with Crippen molar-refractivity contribution in [2.45, 2.75) is 85.5 Å². The summed E-state index contributed by atoms with van der Waals surface area (Å²) in [6.45, 7) is 9.82. The van der Waals surface area contributed by atoms with Crippen molar-refractivity contribution in [3.63, 3.8) is 0 Å². The number of nitrogens with zero attached hydrogens (tertiary/aromatic N) is 3. The molecule has 6 atom stereocenters. The molecule has 11 nitrogen and oxygen atoms in total. The van der Waals surface area contributed by atoms with E-state index in [-0.39, 0.29) is 46.2 Å². The van der Waals surface area contributed by atoms with Crippen LogP contribution < -0.4 is 11.5 Å². The van der Waals surface area contributed by atoms with E-state index in [4.69, 9.17) is 30.4 Å². The summed E-state index contributed by atoms with van der Waals surface area (Å²) in [5.74, 6) is -6.46. The van der Waals surface area contributed by atoms with Crippen LogP contribution in [0.2, 0.25) is 25.7 Å². The Morgan fingerprint density at radius 3 is 2.15 bits per heavy atom. The zero-order valence-corrected chi connectivity index (χ0v) is 36.9. The maximum Gasteiger partial charge on any atom is 0.418 e. The molecular formula is C39H51F6N5O6S2Si. The summed E-state index contributed by atoms with van der Waals surface area (Å²) in [5, 5.41) is 0.0633. The molecule has 6 rings (SSSR count). The first-order chi connectivity index (χ1) is 27.5. The summed E-state index contributed by atoms with van der Waals surface area (Å²) in [5.41, 5.74) is 6.57. The number of benzene rings is 2. The molecule has 2 aromatic rings. The molecule has 0 aromatic heterocycles. The predicted molar refractivity (Wildman–Crippen MR) is 219 cm³/mol. The van der Waals surface area contributed by atoms with E-state index in [1.807, 2.05) is 0 Å². The highest BCUT2D eigenvalue weighted by Gasteiger charge is 2.74. The molecule has 2 heterocycles. The molecule has 2 aliphatic heterocycles. The van der Waals surface area contributed by atoms with E-state index < -0.39 is 88.8 Å². The highest BCUT2D eigenvalue weighted by molar-refractivity contribution is 8.16. The number of carbonyl (C=O) groups excluding carboxylic acids is 2. The molecule has 2 saturated carbocycles. The monoisotopic (exact) mass is 891 g/mol. The highest BCUT2D eigenvalue weighted by atomic mass is 32.2. The molecule has 2 fully saturated rings. The molecule has 0 spiro atoms. The number of amides is 1. The average Bonchev–Trinajstić information content (AvgIpc) is 4.07. The van der Waals surface area contributed by atoms with Gasteiger partial charge in [0.05, 0.1) is 18.5 Å². The molecule has 4 aliphatic rings. The van der Waals surface area contributed by atoms with Crippen LogP contribution in [0.1, 0.15) is 44.7 Å². The first kappa shape index (κ1) is 46.6. The van der Waals surface area contributed by atoms with Gasteiger partial charge in [-0.3, -0.25) is 4.79 Å². The van der Waals surface area contributed by atoms with Gasteiger partial charge in [-0.05, 0) is 57.9 Å². The number of rotatable bonds is 12. The Hall–Kier alpha value is -3.46. The van der Waals surface area contributed by atoms with Crippen molar-refractivity contribution in [1.82, 2.24) is 4.90 Å². The number of amidine groups is 2. The second-order valence-electron chi connectivity index (χ2n) is 17.3. The number of hydrogen-bond acceptors (Lipinski definition) is 12. The number of carbonyl (C=O) groups is 2. The summed E-state index contributed by atoms with van der Waals surface area (Å²) in [6, 6.07) is 6.36. The van der Waals surface area contributed by atoms with Crippen LogP contribution in [0.25, 0.3) is 0 Å². The lowest BCUT2D eigenvalue weighted by atomic mass is 9.84. The zero-order chi connectivity index (χ0) is 43.9. The van der Waals surface area contributed by atoms with Crippen molar-refractivity contribution >= 4 is 59.7 Å². The van der Waals surface area contributed by atoms with E-state index in [1.54, 1.807) is 20.8 Å². The van der Waals surface area contributed by atoms with Crippen molar-refractivity contribution in [1.29, 1.82) is 0 Å². The number of esters is 1. The van der Waals surface area contributed by atoms with Crippen LogP contribution in [-0.4, -0.2) is 98.0 Å². The van der Waals surface area contributed by atoms with Crippen molar-refractivity contribution in [2.75, 3.05) is 53.2 Å². The molecule has 0 unspecified atom stereocenters. The Morgan fingerprint density at radius 1 is 0.915 bits per heavy atom. The lowest BCUT2D eigenvalue weighted by Gasteiger charge is -2.37. The van der Waals surface area contributed by atoms with Gasteiger partial charge < -0.3 is 30.4 Å². The van der Waals surface area contributed by atoms with Gasteiger partial charge >= 0.3 is 12.1 Å². The Balaban J connectivity index is 0.000000254. The zero-order valence-electron chi connectivity index (χ0n) is 34.2. The van der Waals surface area contributed by atoms with Crippen LogP contribution in [-0.2, 0) is 34.8 Å². The van der Waals surface area contributed by atoms with Crippen LogP contribution in [0.5, 0.6) is 0 Å². The first-order valence-electron chi connectivity index (χ1n) is 18.8. The molecule has 20 heteroatoms. The number of alkyl halides is 2. The molecule has 59 heavy (non-hydrogen) atoms. The summed E-state index contributed by atoms with van der Waals surface area (Å²) < 4.78 is 106. The van der Waals surface area contributed by atoms with E-state index >= 15 is 4.39 Å². The van der Waals surface area contributed by atoms with E-state index in [9.17, 15) is 31.5 Å². The standard InChI is InChI=1S/C25H35F3N2O5SSi.C14H16F3N3OS/c1-23(2,3)35-22(32)30(15-34-11-12-37(5,6)7)21-29-24(14-26,16-9-8-10-17(27)19(16)28)18-13-25(18,36-21)20(31)33-4;1-21-6-13-4-10(13)14(5-15,20-12(19)22-13)8-2-7(18)3-9(16)11(8)17/h8-10,18H,11-15H2,1-7H3;2-3,10H,4-6,18H2,1H3,(H2,19,20)/t18-,24+,25-;10-,13-,14-/m01/s1. The molecule has 0 radical (unpaired) electrons. The average molecular weight is 892 g/mol. The van der Waals surface area contributed by atoms with Crippen LogP contribution in [0.3, 0.4) is 0 Å². The summed E-state index contributed by atoms with van der Waals surface area (Å²) in [6.07, 6.45) is -0.149. The van der Waals surface area contributed by atoms with Gasteiger partial charge in [0.25, 0.3) is 0 Å². The van der Waals surface area contributed by atoms with E-state index in [0.29, 0.717) is 19.6 Å².